The first-order valence-electron chi connectivity index (χ1n) is 8.82. The SMILES string of the molecule is CCCS(=O)(=O)N1CCC(NC(=NC)NCC(C)(C)NS(C)(=O)=O)CC1. The molecule has 0 bridgehead atoms. The second-order valence-corrected chi connectivity index (χ2v) is 11.2. The molecule has 1 heterocycles. The van der Waals surface area contributed by atoms with Crippen molar-refractivity contribution in [3.8, 4) is 0 Å². The Labute approximate surface area is 158 Å². The Balaban J connectivity index is 2.51. The molecule has 26 heavy (non-hydrogen) atoms. The van der Waals surface area contributed by atoms with E-state index in [1.165, 1.54) is 0 Å². The van der Waals surface area contributed by atoms with Crippen LogP contribution in [0.1, 0.15) is 40.0 Å². The molecule has 11 heteroatoms. The zero-order valence-electron chi connectivity index (χ0n) is 16.4. The lowest BCUT2D eigenvalue weighted by Crippen LogP contribution is -2.55. The summed E-state index contributed by atoms with van der Waals surface area (Å²) in [6.07, 6.45) is 3.15. The van der Waals surface area contributed by atoms with Gasteiger partial charge in [-0.2, -0.15) is 0 Å². The maximum atomic E-state index is 12.1. The lowest BCUT2D eigenvalue weighted by atomic mass is 10.1. The first-order chi connectivity index (χ1) is 11.9. The van der Waals surface area contributed by atoms with Crippen LogP contribution in [0.5, 0.6) is 0 Å². The van der Waals surface area contributed by atoms with Gasteiger partial charge in [-0.05, 0) is 33.1 Å². The van der Waals surface area contributed by atoms with Crippen LogP contribution in [0.4, 0.5) is 0 Å². The Hall–Kier alpha value is -0.910. The quantitative estimate of drug-likeness (QED) is 0.372. The van der Waals surface area contributed by atoms with Crippen molar-refractivity contribution in [1.82, 2.24) is 19.7 Å². The maximum absolute atomic E-state index is 12.1. The van der Waals surface area contributed by atoms with Crippen molar-refractivity contribution in [2.24, 2.45) is 4.99 Å². The van der Waals surface area contributed by atoms with E-state index in [4.69, 9.17) is 0 Å². The van der Waals surface area contributed by atoms with Crippen molar-refractivity contribution in [3.05, 3.63) is 0 Å². The van der Waals surface area contributed by atoms with E-state index >= 15 is 0 Å². The second-order valence-electron chi connectivity index (χ2n) is 7.32. The molecule has 1 saturated heterocycles. The van der Waals surface area contributed by atoms with Gasteiger partial charge in [0.25, 0.3) is 0 Å². The largest absolute Gasteiger partial charge is 0.355 e. The van der Waals surface area contributed by atoms with E-state index in [1.54, 1.807) is 25.2 Å². The van der Waals surface area contributed by atoms with Crippen LogP contribution in [0.3, 0.4) is 0 Å². The van der Waals surface area contributed by atoms with Crippen LogP contribution >= 0.6 is 0 Å². The molecule has 1 aliphatic heterocycles. The van der Waals surface area contributed by atoms with Crippen LogP contribution in [0.25, 0.3) is 0 Å². The first kappa shape index (κ1) is 23.1. The fraction of sp³-hybridized carbons (Fsp3) is 0.933. The molecule has 0 unspecified atom stereocenters. The Bertz CT molecular complexity index is 681. The van der Waals surface area contributed by atoms with Crippen molar-refractivity contribution >= 4 is 26.0 Å². The molecule has 0 amide bonds. The number of hydrogen-bond acceptors (Lipinski definition) is 5. The number of rotatable bonds is 8. The van der Waals surface area contributed by atoms with Crippen LogP contribution in [0.15, 0.2) is 4.99 Å². The van der Waals surface area contributed by atoms with E-state index in [1.807, 2.05) is 6.92 Å². The molecule has 0 radical (unpaired) electrons. The minimum atomic E-state index is -3.30. The van der Waals surface area contributed by atoms with Gasteiger partial charge in [0.05, 0.1) is 12.0 Å². The zero-order valence-corrected chi connectivity index (χ0v) is 18.0. The molecular weight excluding hydrogens is 378 g/mol. The van der Waals surface area contributed by atoms with Crippen LogP contribution in [0.2, 0.25) is 0 Å². The van der Waals surface area contributed by atoms with Gasteiger partial charge in [-0.25, -0.2) is 25.9 Å². The van der Waals surface area contributed by atoms with E-state index in [2.05, 4.69) is 20.3 Å². The second kappa shape index (κ2) is 9.34. The molecule has 3 N–H and O–H groups in total. The number of nitrogens with zero attached hydrogens (tertiary/aromatic N) is 2. The molecular formula is C15H33N5O4S2. The third-order valence-electron chi connectivity index (χ3n) is 4.03. The molecule has 0 aromatic rings. The Morgan fingerprint density at radius 2 is 1.77 bits per heavy atom. The van der Waals surface area contributed by atoms with Crippen molar-refractivity contribution in [2.75, 3.05) is 38.7 Å². The van der Waals surface area contributed by atoms with Crippen molar-refractivity contribution in [3.63, 3.8) is 0 Å². The van der Waals surface area contributed by atoms with Crippen molar-refractivity contribution < 1.29 is 16.8 Å². The Morgan fingerprint density at radius 1 is 1.19 bits per heavy atom. The number of sulfonamides is 2. The highest BCUT2D eigenvalue weighted by molar-refractivity contribution is 7.89. The van der Waals surface area contributed by atoms with Gasteiger partial charge in [-0.15, -0.1) is 0 Å². The highest BCUT2D eigenvalue weighted by atomic mass is 32.2. The molecule has 0 aromatic heterocycles. The number of aliphatic imine (C=N–C) groups is 1. The first-order valence-corrected chi connectivity index (χ1v) is 12.3. The zero-order chi connectivity index (χ0) is 20.0. The molecule has 1 rings (SSSR count). The standard InChI is InChI=1S/C15H33N5O4S2/c1-6-11-26(23,24)20-9-7-13(8-10-20)18-14(16-4)17-12-15(2,3)19-25(5,21)22/h13,19H,6-12H2,1-5H3,(H2,16,17,18). The highest BCUT2D eigenvalue weighted by Crippen LogP contribution is 2.15. The van der Waals surface area contributed by atoms with Crippen LogP contribution < -0.4 is 15.4 Å². The summed E-state index contributed by atoms with van der Waals surface area (Å²) in [5.74, 6) is 0.764. The van der Waals surface area contributed by atoms with E-state index in [0.717, 1.165) is 6.26 Å². The molecule has 1 aliphatic rings. The van der Waals surface area contributed by atoms with Gasteiger partial charge in [0.15, 0.2) is 5.96 Å². The predicted octanol–water partition coefficient (Wildman–Crippen LogP) is -0.317. The molecule has 0 spiro atoms. The number of hydrogen-bond donors (Lipinski definition) is 3. The third kappa shape index (κ3) is 8.19. The van der Waals surface area contributed by atoms with Crippen molar-refractivity contribution in [2.45, 2.75) is 51.6 Å². The fourth-order valence-corrected chi connectivity index (χ4v) is 5.51. The van der Waals surface area contributed by atoms with E-state index in [9.17, 15) is 16.8 Å². The summed E-state index contributed by atoms with van der Waals surface area (Å²) in [6.45, 7) is 6.79. The van der Waals surface area contributed by atoms with Crippen LogP contribution in [0, 0.1) is 0 Å². The summed E-state index contributed by atoms with van der Waals surface area (Å²) < 4.78 is 51.1. The van der Waals surface area contributed by atoms with E-state index in [0.29, 0.717) is 44.9 Å². The Morgan fingerprint density at radius 3 is 2.23 bits per heavy atom. The van der Waals surface area contributed by atoms with Gasteiger partial charge in [-0.3, -0.25) is 4.99 Å². The average Bonchev–Trinajstić information content (AvgIpc) is 2.49. The summed E-state index contributed by atoms with van der Waals surface area (Å²) in [6, 6.07) is 0.125. The molecule has 0 saturated carbocycles. The van der Waals surface area contributed by atoms with Gasteiger partial charge in [0.1, 0.15) is 0 Å². The number of nitrogens with one attached hydrogen (secondary N) is 3. The number of guanidine groups is 1. The fourth-order valence-electron chi connectivity index (χ4n) is 2.90. The molecule has 0 aliphatic carbocycles. The van der Waals surface area contributed by atoms with E-state index < -0.39 is 25.6 Å². The third-order valence-corrected chi connectivity index (χ3v) is 7.03. The van der Waals surface area contributed by atoms with Gasteiger partial charge >= 0.3 is 0 Å². The van der Waals surface area contributed by atoms with Gasteiger partial charge in [-0.1, -0.05) is 6.92 Å². The molecule has 9 nitrogen and oxygen atoms in total. The topological polar surface area (TPSA) is 120 Å². The molecule has 154 valence electrons. The lowest BCUT2D eigenvalue weighted by molar-refractivity contribution is 0.305. The monoisotopic (exact) mass is 411 g/mol. The summed E-state index contributed by atoms with van der Waals surface area (Å²) >= 11 is 0. The van der Waals surface area contributed by atoms with Gasteiger partial charge in [0, 0.05) is 38.3 Å². The normalized spacial score (nSPS) is 18.7. The van der Waals surface area contributed by atoms with Crippen molar-refractivity contribution in [1.29, 1.82) is 0 Å². The summed E-state index contributed by atoms with van der Waals surface area (Å²) in [7, 11) is -4.80. The summed E-state index contributed by atoms with van der Waals surface area (Å²) in [5, 5.41) is 6.41. The minimum Gasteiger partial charge on any atom is -0.355 e. The smallest absolute Gasteiger partial charge is 0.214 e. The number of piperidine rings is 1. The van der Waals surface area contributed by atoms with Gasteiger partial charge in [0.2, 0.25) is 20.0 Å². The summed E-state index contributed by atoms with van der Waals surface area (Å²) in [4.78, 5) is 4.16. The molecule has 0 atom stereocenters. The summed E-state index contributed by atoms with van der Waals surface area (Å²) in [5.41, 5.74) is -0.664. The predicted molar refractivity (Wildman–Crippen MR) is 105 cm³/mol. The van der Waals surface area contributed by atoms with Crippen LogP contribution in [-0.4, -0.2) is 77.4 Å². The molecule has 0 aromatic carbocycles. The minimum absolute atomic E-state index is 0.125. The Kier molecular flexibility index (Phi) is 8.31. The maximum Gasteiger partial charge on any atom is 0.214 e. The van der Waals surface area contributed by atoms with Gasteiger partial charge < -0.3 is 10.6 Å². The highest BCUT2D eigenvalue weighted by Gasteiger charge is 2.28. The van der Waals surface area contributed by atoms with Crippen LogP contribution in [-0.2, 0) is 20.0 Å². The van der Waals surface area contributed by atoms with E-state index in [-0.39, 0.29) is 11.8 Å². The lowest BCUT2D eigenvalue weighted by Gasteiger charge is -2.33. The average molecular weight is 412 g/mol. The molecule has 1 fully saturated rings.